The van der Waals surface area contributed by atoms with Gasteiger partial charge >= 0.3 is 0 Å². The number of rotatable bonds is 3. The first kappa shape index (κ1) is 14.8. The van der Waals surface area contributed by atoms with Crippen LogP contribution in [-0.4, -0.2) is 11.9 Å². The molecule has 1 amide bonds. The summed E-state index contributed by atoms with van der Waals surface area (Å²) in [4.78, 5) is 11.1. The van der Waals surface area contributed by atoms with Gasteiger partial charge in [-0.1, -0.05) is 13.8 Å². The number of primary amides is 1. The second-order valence-electron chi connectivity index (χ2n) is 5.82. The Morgan fingerprint density at radius 1 is 1.25 bits per heavy atom. The molecule has 0 saturated heterocycles. The Labute approximate surface area is 117 Å². The van der Waals surface area contributed by atoms with Gasteiger partial charge in [0, 0.05) is 12.1 Å². The lowest BCUT2D eigenvalue weighted by Gasteiger charge is -2.34. The first-order chi connectivity index (χ1) is 9.38. The van der Waals surface area contributed by atoms with Crippen LogP contribution < -0.4 is 11.1 Å². The van der Waals surface area contributed by atoms with Crippen molar-refractivity contribution in [2.75, 3.05) is 5.32 Å². The molecule has 1 aliphatic carbocycles. The molecule has 0 heterocycles. The fraction of sp³-hybridized carbons (Fsp3) is 0.533. The van der Waals surface area contributed by atoms with Gasteiger partial charge in [0.25, 0.3) is 5.91 Å². The van der Waals surface area contributed by atoms with E-state index in [-0.39, 0.29) is 17.3 Å². The number of nitrogens with one attached hydrogen (secondary N) is 1. The molecule has 1 saturated carbocycles. The Bertz CT molecular complexity index is 519. The topological polar surface area (TPSA) is 55.1 Å². The monoisotopic (exact) mass is 282 g/mol. The van der Waals surface area contributed by atoms with Gasteiger partial charge in [-0.15, -0.1) is 0 Å². The van der Waals surface area contributed by atoms with Gasteiger partial charge in [-0.05, 0) is 37.2 Å². The zero-order chi connectivity index (χ0) is 14.9. The molecule has 0 aromatic heterocycles. The van der Waals surface area contributed by atoms with Crippen LogP contribution in [0.15, 0.2) is 12.1 Å². The molecular formula is C15H20F2N2O. The molecule has 5 heteroatoms. The van der Waals surface area contributed by atoms with E-state index in [1.165, 1.54) is 0 Å². The van der Waals surface area contributed by atoms with Crippen molar-refractivity contribution in [2.45, 2.75) is 39.2 Å². The molecule has 0 spiro atoms. The van der Waals surface area contributed by atoms with Gasteiger partial charge in [-0.3, -0.25) is 4.79 Å². The van der Waals surface area contributed by atoms with Crippen LogP contribution in [0.25, 0.3) is 0 Å². The summed E-state index contributed by atoms with van der Waals surface area (Å²) in [5.41, 5.74) is 4.94. The third kappa shape index (κ3) is 3.08. The minimum absolute atomic E-state index is 0.131. The number of carbonyl (C=O) groups is 1. The fourth-order valence-corrected chi connectivity index (χ4v) is 2.93. The number of nitrogens with two attached hydrogens (primary N) is 1. The van der Waals surface area contributed by atoms with E-state index in [9.17, 15) is 13.6 Å². The summed E-state index contributed by atoms with van der Waals surface area (Å²) >= 11 is 0. The number of hydrogen-bond acceptors (Lipinski definition) is 2. The molecule has 3 atom stereocenters. The Morgan fingerprint density at radius 3 is 2.55 bits per heavy atom. The number of halogens is 2. The quantitative estimate of drug-likeness (QED) is 0.893. The van der Waals surface area contributed by atoms with Crippen molar-refractivity contribution in [2.24, 2.45) is 17.6 Å². The molecule has 20 heavy (non-hydrogen) atoms. The van der Waals surface area contributed by atoms with Gasteiger partial charge < -0.3 is 11.1 Å². The van der Waals surface area contributed by atoms with Crippen molar-refractivity contribution in [3.63, 3.8) is 0 Å². The van der Waals surface area contributed by atoms with E-state index in [1.54, 1.807) is 0 Å². The number of amides is 1. The zero-order valence-electron chi connectivity index (χ0n) is 11.7. The minimum Gasteiger partial charge on any atom is -0.380 e. The lowest BCUT2D eigenvalue weighted by Crippen LogP contribution is -2.33. The standard InChI is InChI=1S/C15H20F2N2O/c1-8-3-4-13(9(2)5-8)19-14-6-10(15(18)20)11(16)7-12(14)17/h6-9,13,19H,3-5H2,1-2H3,(H2,18,20). The molecule has 2 rings (SSSR count). The maximum atomic E-state index is 13.8. The van der Waals surface area contributed by atoms with Crippen LogP contribution in [0.1, 0.15) is 43.5 Å². The van der Waals surface area contributed by atoms with E-state index < -0.39 is 17.5 Å². The van der Waals surface area contributed by atoms with Crippen LogP contribution in [-0.2, 0) is 0 Å². The third-order valence-electron chi connectivity index (χ3n) is 4.09. The van der Waals surface area contributed by atoms with Crippen molar-refractivity contribution in [1.82, 2.24) is 0 Å². The minimum atomic E-state index is -0.925. The Hall–Kier alpha value is -1.65. The van der Waals surface area contributed by atoms with Crippen LogP contribution in [0.4, 0.5) is 14.5 Å². The maximum Gasteiger partial charge on any atom is 0.251 e. The highest BCUT2D eigenvalue weighted by molar-refractivity contribution is 5.94. The summed E-state index contributed by atoms with van der Waals surface area (Å²) < 4.78 is 27.2. The average molecular weight is 282 g/mol. The molecule has 0 bridgehead atoms. The SMILES string of the molecule is CC1CCC(Nc2cc(C(N)=O)c(F)cc2F)C(C)C1. The lowest BCUT2D eigenvalue weighted by molar-refractivity contribution is 0.0996. The van der Waals surface area contributed by atoms with E-state index >= 15 is 0 Å². The predicted octanol–water partition coefficient (Wildman–Crippen LogP) is 3.30. The first-order valence-corrected chi connectivity index (χ1v) is 6.94. The molecule has 0 aliphatic heterocycles. The predicted molar refractivity (Wildman–Crippen MR) is 74.5 cm³/mol. The summed E-state index contributed by atoms with van der Waals surface area (Å²) in [7, 11) is 0. The maximum absolute atomic E-state index is 13.8. The molecule has 3 nitrogen and oxygen atoms in total. The smallest absolute Gasteiger partial charge is 0.251 e. The third-order valence-corrected chi connectivity index (χ3v) is 4.09. The van der Waals surface area contributed by atoms with Crippen LogP contribution in [0.3, 0.4) is 0 Å². The Balaban J connectivity index is 2.21. The number of carbonyl (C=O) groups excluding carboxylic acids is 1. The molecule has 1 aromatic rings. The molecule has 1 aliphatic rings. The normalized spacial score (nSPS) is 26.3. The zero-order valence-corrected chi connectivity index (χ0v) is 11.7. The summed E-state index contributed by atoms with van der Waals surface area (Å²) in [6, 6.07) is 2.00. The van der Waals surface area contributed by atoms with E-state index in [0.717, 1.165) is 25.3 Å². The molecule has 1 aromatic carbocycles. The Morgan fingerprint density at radius 2 is 1.95 bits per heavy atom. The summed E-state index contributed by atoms with van der Waals surface area (Å²) in [6.45, 7) is 4.32. The van der Waals surface area contributed by atoms with Crippen LogP contribution in [0.5, 0.6) is 0 Å². The lowest BCUT2D eigenvalue weighted by atomic mass is 9.80. The van der Waals surface area contributed by atoms with E-state index in [0.29, 0.717) is 17.9 Å². The largest absolute Gasteiger partial charge is 0.380 e. The van der Waals surface area contributed by atoms with Crippen molar-refractivity contribution in [1.29, 1.82) is 0 Å². The number of anilines is 1. The Kier molecular flexibility index (Phi) is 4.26. The highest BCUT2D eigenvalue weighted by Gasteiger charge is 2.26. The molecule has 0 radical (unpaired) electrons. The first-order valence-electron chi connectivity index (χ1n) is 6.94. The van der Waals surface area contributed by atoms with E-state index in [2.05, 4.69) is 19.2 Å². The molecule has 3 unspecified atom stereocenters. The summed E-state index contributed by atoms with van der Waals surface area (Å²) in [5, 5.41) is 3.09. The van der Waals surface area contributed by atoms with Crippen LogP contribution in [0, 0.1) is 23.5 Å². The van der Waals surface area contributed by atoms with Crippen molar-refractivity contribution in [3.05, 3.63) is 29.3 Å². The summed E-state index contributed by atoms with van der Waals surface area (Å²) in [5.74, 6) is -1.44. The number of benzene rings is 1. The molecular weight excluding hydrogens is 262 g/mol. The fourth-order valence-electron chi connectivity index (χ4n) is 2.93. The van der Waals surface area contributed by atoms with Gasteiger partial charge in [0.15, 0.2) is 0 Å². The van der Waals surface area contributed by atoms with Crippen molar-refractivity contribution >= 4 is 11.6 Å². The van der Waals surface area contributed by atoms with Gasteiger partial charge in [0.2, 0.25) is 0 Å². The second kappa shape index (κ2) is 5.77. The van der Waals surface area contributed by atoms with Gasteiger partial charge in [0.05, 0.1) is 11.3 Å². The van der Waals surface area contributed by atoms with Gasteiger partial charge in [-0.2, -0.15) is 0 Å². The summed E-state index contributed by atoms with van der Waals surface area (Å²) in [6.07, 6.45) is 3.09. The van der Waals surface area contributed by atoms with E-state index in [4.69, 9.17) is 5.73 Å². The highest BCUT2D eigenvalue weighted by atomic mass is 19.1. The highest BCUT2D eigenvalue weighted by Crippen LogP contribution is 2.31. The second-order valence-corrected chi connectivity index (χ2v) is 5.82. The van der Waals surface area contributed by atoms with E-state index in [1.807, 2.05) is 0 Å². The van der Waals surface area contributed by atoms with Gasteiger partial charge in [0.1, 0.15) is 11.6 Å². The molecule has 3 N–H and O–H groups in total. The number of hydrogen-bond donors (Lipinski definition) is 2. The van der Waals surface area contributed by atoms with Crippen molar-refractivity contribution in [3.8, 4) is 0 Å². The van der Waals surface area contributed by atoms with Gasteiger partial charge in [-0.25, -0.2) is 8.78 Å². The van der Waals surface area contributed by atoms with Crippen LogP contribution in [0.2, 0.25) is 0 Å². The molecule has 1 fully saturated rings. The van der Waals surface area contributed by atoms with Crippen LogP contribution >= 0.6 is 0 Å². The van der Waals surface area contributed by atoms with Crippen molar-refractivity contribution < 1.29 is 13.6 Å². The molecule has 110 valence electrons. The average Bonchev–Trinajstić information content (AvgIpc) is 2.35.